The summed E-state index contributed by atoms with van der Waals surface area (Å²) in [4.78, 5) is 2.51. The van der Waals surface area contributed by atoms with Crippen molar-refractivity contribution < 1.29 is 5.11 Å². The van der Waals surface area contributed by atoms with Crippen LogP contribution in [0.25, 0.3) is 10.4 Å². The van der Waals surface area contributed by atoms with Crippen molar-refractivity contribution in [2.24, 2.45) is 0 Å². The fraction of sp³-hybridized carbons (Fsp3) is 0.167. The van der Waals surface area contributed by atoms with Crippen LogP contribution >= 0.6 is 11.3 Å². The Morgan fingerprint density at radius 2 is 1.79 bits per heavy atom. The molecular formula is C12H12OS. The van der Waals surface area contributed by atoms with Gasteiger partial charge in [-0.05, 0) is 17.7 Å². The van der Waals surface area contributed by atoms with E-state index in [2.05, 4.69) is 24.3 Å². The second kappa shape index (κ2) is 4.40. The summed E-state index contributed by atoms with van der Waals surface area (Å²) in [6, 6.07) is 14.5. The van der Waals surface area contributed by atoms with Gasteiger partial charge in [0.25, 0.3) is 0 Å². The van der Waals surface area contributed by atoms with Crippen LogP contribution in [0.15, 0.2) is 42.5 Å². The van der Waals surface area contributed by atoms with E-state index in [4.69, 9.17) is 5.11 Å². The lowest BCUT2D eigenvalue weighted by Crippen LogP contribution is -1.84. The van der Waals surface area contributed by atoms with Gasteiger partial charge in [0.1, 0.15) is 0 Å². The minimum Gasteiger partial charge on any atom is -0.396 e. The average molecular weight is 204 g/mol. The summed E-state index contributed by atoms with van der Waals surface area (Å²) in [6.07, 6.45) is 0.761. The van der Waals surface area contributed by atoms with Gasteiger partial charge in [0, 0.05) is 22.8 Å². The molecule has 0 aliphatic carbocycles. The Morgan fingerprint density at radius 1 is 1.00 bits per heavy atom. The molecule has 0 radical (unpaired) electrons. The van der Waals surface area contributed by atoms with Crippen molar-refractivity contribution in [3.05, 3.63) is 47.3 Å². The highest BCUT2D eigenvalue weighted by Gasteiger charge is 2.01. The summed E-state index contributed by atoms with van der Waals surface area (Å²) >= 11 is 1.75. The molecular weight excluding hydrogens is 192 g/mol. The van der Waals surface area contributed by atoms with Crippen molar-refractivity contribution in [2.45, 2.75) is 6.42 Å². The van der Waals surface area contributed by atoms with E-state index >= 15 is 0 Å². The molecule has 1 nitrogen and oxygen atoms in total. The zero-order valence-corrected chi connectivity index (χ0v) is 8.63. The third-order valence-electron chi connectivity index (χ3n) is 2.08. The molecule has 0 amide bonds. The van der Waals surface area contributed by atoms with Gasteiger partial charge >= 0.3 is 0 Å². The van der Waals surface area contributed by atoms with Gasteiger partial charge in [-0.1, -0.05) is 30.3 Å². The summed E-state index contributed by atoms with van der Waals surface area (Å²) in [5.41, 5.74) is 1.25. The van der Waals surface area contributed by atoms with Crippen LogP contribution in [0, 0.1) is 0 Å². The van der Waals surface area contributed by atoms with Crippen molar-refractivity contribution in [3.63, 3.8) is 0 Å². The van der Waals surface area contributed by atoms with E-state index in [1.807, 2.05) is 18.2 Å². The smallest absolute Gasteiger partial charge is 0.0479 e. The largest absolute Gasteiger partial charge is 0.396 e. The van der Waals surface area contributed by atoms with Gasteiger partial charge in [0.2, 0.25) is 0 Å². The lowest BCUT2D eigenvalue weighted by atomic mass is 10.2. The topological polar surface area (TPSA) is 20.2 Å². The van der Waals surface area contributed by atoms with E-state index in [9.17, 15) is 0 Å². The number of aliphatic hydroxyl groups excluding tert-OH is 1. The molecule has 0 aliphatic heterocycles. The van der Waals surface area contributed by atoms with Gasteiger partial charge in [-0.3, -0.25) is 0 Å². The van der Waals surface area contributed by atoms with E-state index in [-0.39, 0.29) is 6.61 Å². The Balaban J connectivity index is 2.25. The zero-order chi connectivity index (χ0) is 9.80. The third kappa shape index (κ3) is 2.03. The quantitative estimate of drug-likeness (QED) is 0.815. The van der Waals surface area contributed by atoms with Gasteiger partial charge in [0.15, 0.2) is 0 Å². The predicted molar refractivity (Wildman–Crippen MR) is 60.5 cm³/mol. The van der Waals surface area contributed by atoms with Crippen molar-refractivity contribution in [3.8, 4) is 10.4 Å². The first kappa shape index (κ1) is 9.44. The summed E-state index contributed by atoms with van der Waals surface area (Å²) < 4.78 is 0. The standard InChI is InChI=1S/C12H12OS/c13-9-8-11-6-7-12(14-11)10-4-2-1-3-5-10/h1-7,13H,8-9H2. The Hall–Kier alpha value is -1.12. The Morgan fingerprint density at radius 3 is 2.50 bits per heavy atom. The van der Waals surface area contributed by atoms with Gasteiger partial charge < -0.3 is 5.11 Å². The molecule has 2 rings (SSSR count). The molecule has 0 unspecified atom stereocenters. The highest BCUT2D eigenvalue weighted by Crippen LogP contribution is 2.27. The molecule has 0 saturated carbocycles. The van der Waals surface area contributed by atoms with Crippen LogP contribution < -0.4 is 0 Å². The maximum atomic E-state index is 8.81. The first-order valence-electron chi connectivity index (χ1n) is 4.65. The van der Waals surface area contributed by atoms with Crippen LogP contribution in [0.3, 0.4) is 0 Å². The molecule has 0 bridgehead atoms. The molecule has 1 aromatic carbocycles. The Bertz CT molecular complexity index is 392. The first-order chi connectivity index (χ1) is 6.90. The number of hydrogen-bond acceptors (Lipinski definition) is 2. The van der Waals surface area contributed by atoms with E-state index < -0.39 is 0 Å². The number of aliphatic hydroxyl groups is 1. The van der Waals surface area contributed by atoms with Crippen LogP contribution in [-0.4, -0.2) is 11.7 Å². The fourth-order valence-corrected chi connectivity index (χ4v) is 2.38. The average Bonchev–Trinajstić information content (AvgIpc) is 2.68. The molecule has 2 heteroatoms. The van der Waals surface area contributed by atoms with Crippen LogP contribution in [0.4, 0.5) is 0 Å². The molecule has 0 atom stereocenters. The maximum absolute atomic E-state index is 8.81. The van der Waals surface area contributed by atoms with Crippen LogP contribution in [0.5, 0.6) is 0 Å². The number of hydrogen-bond donors (Lipinski definition) is 1. The van der Waals surface area contributed by atoms with Gasteiger partial charge in [-0.2, -0.15) is 0 Å². The van der Waals surface area contributed by atoms with Crippen molar-refractivity contribution >= 4 is 11.3 Å². The van der Waals surface area contributed by atoms with E-state index in [1.165, 1.54) is 15.3 Å². The third-order valence-corrected chi connectivity index (χ3v) is 3.27. The summed E-state index contributed by atoms with van der Waals surface area (Å²) in [6.45, 7) is 0.231. The molecule has 14 heavy (non-hydrogen) atoms. The van der Waals surface area contributed by atoms with Crippen molar-refractivity contribution in [2.75, 3.05) is 6.61 Å². The molecule has 1 N–H and O–H groups in total. The molecule has 0 saturated heterocycles. The maximum Gasteiger partial charge on any atom is 0.0479 e. The first-order valence-corrected chi connectivity index (χ1v) is 5.47. The van der Waals surface area contributed by atoms with Crippen LogP contribution in [-0.2, 0) is 6.42 Å². The highest BCUT2D eigenvalue weighted by atomic mass is 32.1. The van der Waals surface area contributed by atoms with Gasteiger partial charge in [0.05, 0.1) is 0 Å². The van der Waals surface area contributed by atoms with Crippen molar-refractivity contribution in [1.82, 2.24) is 0 Å². The summed E-state index contributed by atoms with van der Waals surface area (Å²) in [7, 11) is 0. The Kier molecular flexibility index (Phi) is 2.96. The van der Waals surface area contributed by atoms with E-state index in [1.54, 1.807) is 11.3 Å². The molecule has 1 aromatic heterocycles. The minimum atomic E-state index is 0.231. The highest BCUT2D eigenvalue weighted by molar-refractivity contribution is 7.15. The minimum absolute atomic E-state index is 0.231. The zero-order valence-electron chi connectivity index (χ0n) is 7.81. The molecule has 0 spiro atoms. The second-order valence-corrected chi connectivity index (χ2v) is 4.27. The lowest BCUT2D eigenvalue weighted by Gasteiger charge is -1.94. The number of benzene rings is 1. The monoisotopic (exact) mass is 204 g/mol. The van der Waals surface area contributed by atoms with E-state index in [0.29, 0.717) is 0 Å². The number of rotatable bonds is 3. The summed E-state index contributed by atoms with van der Waals surface area (Å²) in [5.74, 6) is 0. The SMILES string of the molecule is OCCc1ccc(-c2ccccc2)s1. The summed E-state index contributed by atoms with van der Waals surface area (Å²) in [5, 5.41) is 8.81. The predicted octanol–water partition coefficient (Wildman–Crippen LogP) is 2.95. The molecule has 1 heterocycles. The lowest BCUT2D eigenvalue weighted by molar-refractivity contribution is 0.300. The van der Waals surface area contributed by atoms with Crippen molar-refractivity contribution in [1.29, 1.82) is 0 Å². The van der Waals surface area contributed by atoms with Crippen LogP contribution in [0.1, 0.15) is 4.88 Å². The van der Waals surface area contributed by atoms with Gasteiger partial charge in [-0.25, -0.2) is 0 Å². The molecule has 0 fully saturated rings. The van der Waals surface area contributed by atoms with Gasteiger partial charge in [-0.15, -0.1) is 11.3 Å². The Labute approximate surface area is 87.7 Å². The van der Waals surface area contributed by atoms with E-state index in [0.717, 1.165) is 6.42 Å². The molecule has 2 aromatic rings. The number of thiophene rings is 1. The second-order valence-electron chi connectivity index (χ2n) is 3.11. The fourth-order valence-electron chi connectivity index (χ4n) is 1.38. The van der Waals surface area contributed by atoms with Crippen LogP contribution in [0.2, 0.25) is 0 Å². The molecule has 0 aliphatic rings. The molecule has 72 valence electrons. The normalized spacial score (nSPS) is 10.4.